The number of hydrogen-bond acceptors (Lipinski definition) is 2. The number of benzene rings is 2. The van der Waals surface area contributed by atoms with E-state index in [1.165, 1.54) is 6.07 Å². The van der Waals surface area contributed by atoms with Crippen LogP contribution in [-0.4, -0.2) is 32.0 Å². The zero-order valence-corrected chi connectivity index (χ0v) is 19.1. The van der Waals surface area contributed by atoms with Crippen molar-refractivity contribution in [3.8, 4) is 0 Å². The average molecular weight is 510 g/mol. The summed E-state index contributed by atoms with van der Waals surface area (Å²) in [6, 6.07) is 14.4. The number of amides is 1. The van der Waals surface area contributed by atoms with Crippen molar-refractivity contribution in [1.82, 2.24) is 16.0 Å². The van der Waals surface area contributed by atoms with Crippen molar-refractivity contribution in [2.75, 3.05) is 20.1 Å². The molecule has 1 fully saturated rings. The lowest BCUT2D eigenvalue weighted by Crippen LogP contribution is -2.41. The number of halogens is 2. The molecule has 0 aliphatic heterocycles. The summed E-state index contributed by atoms with van der Waals surface area (Å²) < 4.78 is 14.2. The first-order chi connectivity index (χ1) is 13.6. The molecule has 0 radical (unpaired) electrons. The summed E-state index contributed by atoms with van der Waals surface area (Å²) in [7, 11) is 1.61. The number of nitrogens with zero attached hydrogens (tertiary/aromatic N) is 1. The third-order valence-electron chi connectivity index (χ3n) is 5.10. The lowest BCUT2D eigenvalue weighted by Gasteiger charge is -2.19. The highest BCUT2D eigenvalue weighted by atomic mass is 127. The van der Waals surface area contributed by atoms with Gasteiger partial charge in [0.15, 0.2) is 5.96 Å². The average Bonchev–Trinajstić information content (AvgIpc) is 3.51. The Morgan fingerprint density at radius 2 is 1.79 bits per heavy atom. The molecule has 5 nitrogen and oxygen atoms in total. The van der Waals surface area contributed by atoms with Crippen LogP contribution in [0.15, 0.2) is 53.5 Å². The number of rotatable bonds is 7. The minimum atomic E-state index is -0.142. The number of carbonyl (C=O) groups is 1. The van der Waals surface area contributed by atoms with E-state index in [9.17, 15) is 9.18 Å². The van der Waals surface area contributed by atoms with Crippen LogP contribution in [0.3, 0.4) is 0 Å². The Balaban J connectivity index is 0.00000300. The van der Waals surface area contributed by atoms with Gasteiger partial charge < -0.3 is 16.0 Å². The van der Waals surface area contributed by atoms with Crippen LogP contribution in [0.1, 0.15) is 41.3 Å². The molecule has 0 saturated heterocycles. The van der Waals surface area contributed by atoms with Crippen LogP contribution >= 0.6 is 24.0 Å². The van der Waals surface area contributed by atoms with Gasteiger partial charge in [0, 0.05) is 31.1 Å². The maximum atomic E-state index is 14.2. The van der Waals surface area contributed by atoms with Crippen LogP contribution in [0.4, 0.5) is 4.39 Å². The van der Waals surface area contributed by atoms with Gasteiger partial charge in [0.2, 0.25) is 0 Å². The molecule has 1 saturated carbocycles. The van der Waals surface area contributed by atoms with Crippen molar-refractivity contribution < 1.29 is 9.18 Å². The first-order valence-electron chi connectivity index (χ1n) is 9.66. The zero-order valence-electron chi connectivity index (χ0n) is 16.8. The number of hydrogen-bond donors (Lipinski definition) is 3. The molecule has 1 aliphatic rings. The van der Waals surface area contributed by atoms with Gasteiger partial charge in [-0.1, -0.05) is 30.3 Å². The fourth-order valence-corrected chi connectivity index (χ4v) is 3.25. The van der Waals surface area contributed by atoms with Gasteiger partial charge in [-0.3, -0.25) is 4.79 Å². The second-order valence-electron chi connectivity index (χ2n) is 7.08. The molecule has 3 N–H and O–H groups in total. The van der Waals surface area contributed by atoms with E-state index in [4.69, 9.17) is 0 Å². The van der Waals surface area contributed by atoms with Crippen molar-refractivity contribution in [2.45, 2.75) is 31.7 Å². The number of aliphatic imine (C=N–C) groups is 1. The first kappa shape index (κ1) is 23.1. The van der Waals surface area contributed by atoms with E-state index in [-0.39, 0.29) is 41.1 Å². The maximum absolute atomic E-state index is 14.2. The third kappa shape index (κ3) is 5.91. The summed E-state index contributed by atoms with van der Waals surface area (Å²) in [5.41, 5.74) is 2.28. The fourth-order valence-electron chi connectivity index (χ4n) is 3.25. The maximum Gasteiger partial charge on any atom is 0.251 e. The molecule has 0 unspecified atom stereocenters. The van der Waals surface area contributed by atoms with Gasteiger partial charge in [0.25, 0.3) is 5.91 Å². The molecule has 2 aromatic rings. The van der Waals surface area contributed by atoms with Gasteiger partial charge in [0.1, 0.15) is 5.82 Å². The van der Waals surface area contributed by atoms with Crippen LogP contribution in [0, 0.1) is 5.82 Å². The Kier molecular flexibility index (Phi) is 8.43. The van der Waals surface area contributed by atoms with Crippen LogP contribution in [-0.2, 0) is 12.0 Å². The van der Waals surface area contributed by atoms with Crippen molar-refractivity contribution in [2.24, 2.45) is 4.99 Å². The van der Waals surface area contributed by atoms with Gasteiger partial charge in [-0.05, 0) is 49.1 Å². The van der Waals surface area contributed by atoms with E-state index >= 15 is 0 Å². The van der Waals surface area contributed by atoms with Gasteiger partial charge in [-0.15, -0.1) is 24.0 Å². The molecular formula is C22H28FIN4O. The molecule has 3 rings (SSSR count). The Labute approximate surface area is 188 Å². The van der Waals surface area contributed by atoms with Crippen molar-refractivity contribution in [3.63, 3.8) is 0 Å². The summed E-state index contributed by atoms with van der Waals surface area (Å²) in [6.07, 6.45) is 1.95. The molecule has 0 aromatic heterocycles. The first-order valence-corrected chi connectivity index (χ1v) is 9.66. The summed E-state index contributed by atoms with van der Waals surface area (Å²) in [5.74, 6) is 0.466. The topological polar surface area (TPSA) is 65.5 Å². The Morgan fingerprint density at radius 3 is 2.38 bits per heavy atom. The lowest BCUT2D eigenvalue weighted by atomic mass is 9.95. The smallest absolute Gasteiger partial charge is 0.251 e. The predicted octanol–water partition coefficient (Wildman–Crippen LogP) is 3.59. The van der Waals surface area contributed by atoms with Crippen molar-refractivity contribution >= 4 is 35.8 Å². The number of carbonyl (C=O) groups excluding carboxylic acids is 1. The molecule has 7 heteroatoms. The van der Waals surface area contributed by atoms with Gasteiger partial charge in [-0.25, -0.2) is 9.38 Å². The molecule has 156 valence electrons. The number of guanidine groups is 1. The molecule has 1 aliphatic carbocycles. The Bertz CT molecular complexity index is 850. The normalized spacial score (nSPS) is 14.5. The highest BCUT2D eigenvalue weighted by Gasteiger charge is 2.45. The van der Waals surface area contributed by atoms with E-state index < -0.39 is 0 Å². The summed E-state index contributed by atoms with van der Waals surface area (Å²) in [5, 5.41) is 9.21. The van der Waals surface area contributed by atoms with Gasteiger partial charge in [-0.2, -0.15) is 0 Å². The predicted molar refractivity (Wildman–Crippen MR) is 125 cm³/mol. The zero-order chi connectivity index (χ0) is 20.0. The molecule has 1 amide bonds. The summed E-state index contributed by atoms with van der Waals surface area (Å²) in [6.45, 7) is 3.90. The SMILES string of the molecule is CCNC(=NCc1ccc(C(=O)NC)cc1)NCC1(c2ccccc2F)CC1.I. The minimum absolute atomic E-state index is 0. The monoisotopic (exact) mass is 510 g/mol. The minimum Gasteiger partial charge on any atom is -0.357 e. The van der Waals surface area contributed by atoms with Crippen molar-refractivity contribution in [3.05, 3.63) is 71.0 Å². The van der Waals surface area contributed by atoms with Crippen molar-refractivity contribution in [1.29, 1.82) is 0 Å². The Hall–Kier alpha value is -2.16. The molecule has 2 aromatic carbocycles. The van der Waals surface area contributed by atoms with Crippen LogP contribution < -0.4 is 16.0 Å². The second-order valence-corrected chi connectivity index (χ2v) is 7.08. The number of nitrogens with one attached hydrogen (secondary N) is 3. The van der Waals surface area contributed by atoms with E-state index in [1.54, 1.807) is 25.2 Å². The Morgan fingerprint density at radius 1 is 1.10 bits per heavy atom. The van der Waals surface area contributed by atoms with Gasteiger partial charge in [0.05, 0.1) is 6.54 Å². The molecule has 0 atom stereocenters. The highest BCUT2D eigenvalue weighted by molar-refractivity contribution is 14.0. The standard InChI is InChI=1S/C22H27FN4O.HI/c1-3-25-21(26-14-16-8-10-17(11-9-16)20(28)24-2)27-15-22(12-13-22)18-6-4-5-7-19(18)23;/h4-11H,3,12-15H2,1-2H3,(H,24,28)(H2,25,26,27);1H. The molecule has 0 bridgehead atoms. The lowest BCUT2D eigenvalue weighted by molar-refractivity contribution is 0.0963. The third-order valence-corrected chi connectivity index (χ3v) is 5.10. The van der Waals surface area contributed by atoms with E-state index in [0.717, 1.165) is 30.5 Å². The van der Waals surface area contributed by atoms with E-state index in [1.807, 2.05) is 31.2 Å². The quantitative estimate of drug-likeness (QED) is 0.303. The summed E-state index contributed by atoms with van der Waals surface area (Å²) >= 11 is 0. The second kappa shape index (κ2) is 10.6. The van der Waals surface area contributed by atoms with Crippen LogP contribution in [0.5, 0.6) is 0 Å². The molecular weight excluding hydrogens is 482 g/mol. The molecule has 0 spiro atoms. The molecule has 29 heavy (non-hydrogen) atoms. The van der Waals surface area contributed by atoms with Crippen LogP contribution in [0.25, 0.3) is 0 Å². The van der Waals surface area contributed by atoms with Crippen LogP contribution in [0.2, 0.25) is 0 Å². The fraction of sp³-hybridized carbons (Fsp3) is 0.364. The van der Waals surface area contributed by atoms with Gasteiger partial charge >= 0.3 is 0 Å². The van der Waals surface area contributed by atoms with E-state index in [0.29, 0.717) is 24.6 Å². The summed E-state index contributed by atoms with van der Waals surface area (Å²) in [4.78, 5) is 16.2. The highest BCUT2D eigenvalue weighted by Crippen LogP contribution is 2.48. The molecule has 0 heterocycles. The van der Waals surface area contributed by atoms with E-state index in [2.05, 4.69) is 20.9 Å². The largest absolute Gasteiger partial charge is 0.357 e.